The van der Waals surface area contributed by atoms with E-state index >= 15 is 0 Å². The Labute approximate surface area is 96.8 Å². The Balaban J connectivity index is 1.81. The van der Waals surface area contributed by atoms with Crippen molar-refractivity contribution in [1.29, 1.82) is 0 Å². The van der Waals surface area contributed by atoms with Crippen LogP contribution >= 0.6 is 11.8 Å². The Morgan fingerprint density at radius 3 is 2.93 bits per heavy atom. The molecule has 2 nitrogen and oxygen atoms in total. The van der Waals surface area contributed by atoms with Crippen molar-refractivity contribution in [2.24, 2.45) is 5.92 Å². The number of thioether (sulfide) groups is 1. The van der Waals surface area contributed by atoms with Crippen molar-refractivity contribution in [2.75, 3.05) is 25.1 Å². The van der Waals surface area contributed by atoms with E-state index in [1.165, 1.54) is 24.3 Å². The van der Waals surface area contributed by atoms with Gasteiger partial charge in [0.25, 0.3) is 0 Å². The maximum Gasteiger partial charge on any atom is 0.137 e. The van der Waals surface area contributed by atoms with Gasteiger partial charge in [-0.05, 0) is 32.1 Å². The first-order valence-electron chi connectivity index (χ1n) is 6.08. The van der Waals surface area contributed by atoms with Crippen LogP contribution in [0.2, 0.25) is 0 Å². The van der Waals surface area contributed by atoms with Crippen LogP contribution in [0.4, 0.5) is 0 Å². The van der Waals surface area contributed by atoms with Crippen LogP contribution < -0.4 is 0 Å². The molecule has 15 heavy (non-hydrogen) atoms. The second kappa shape index (κ2) is 5.35. The molecule has 1 saturated carbocycles. The first kappa shape index (κ1) is 11.5. The molecule has 86 valence electrons. The van der Waals surface area contributed by atoms with E-state index in [1.807, 2.05) is 11.8 Å². The van der Waals surface area contributed by atoms with Gasteiger partial charge in [0.15, 0.2) is 0 Å². The topological polar surface area (TPSA) is 20.3 Å². The summed E-state index contributed by atoms with van der Waals surface area (Å²) < 4.78 is 0. The summed E-state index contributed by atoms with van der Waals surface area (Å²) in [7, 11) is 2.19. The molecule has 0 amide bonds. The highest BCUT2D eigenvalue weighted by molar-refractivity contribution is 7.99. The molecule has 1 aliphatic heterocycles. The van der Waals surface area contributed by atoms with Gasteiger partial charge in [-0.2, -0.15) is 11.8 Å². The number of carbonyl (C=O) groups is 1. The third kappa shape index (κ3) is 2.97. The zero-order valence-corrected chi connectivity index (χ0v) is 10.4. The molecule has 1 aliphatic carbocycles. The van der Waals surface area contributed by atoms with E-state index in [9.17, 15) is 4.79 Å². The Morgan fingerprint density at radius 2 is 2.27 bits per heavy atom. The molecule has 2 fully saturated rings. The van der Waals surface area contributed by atoms with E-state index in [1.54, 1.807) is 0 Å². The molecule has 2 aliphatic rings. The summed E-state index contributed by atoms with van der Waals surface area (Å²) in [6.45, 7) is 1.00. The van der Waals surface area contributed by atoms with Gasteiger partial charge in [0.2, 0.25) is 0 Å². The fourth-order valence-corrected chi connectivity index (χ4v) is 3.91. The first-order chi connectivity index (χ1) is 7.27. The lowest BCUT2D eigenvalue weighted by atomic mass is 9.87. The molecular formula is C12H21NOS. The summed E-state index contributed by atoms with van der Waals surface area (Å²) >= 11 is 2.05. The summed E-state index contributed by atoms with van der Waals surface area (Å²) in [4.78, 5) is 14.1. The smallest absolute Gasteiger partial charge is 0.137 e. The minimum absolute atomic E-state index is 0.342. The average molecular weight is 227 g/mol. The quantitative estimate of drug-likeness (QED) is 0.737. The molecule has 1 heterocycles. The van der Waals surface area contributed by atoms with Gasteiger partial charge in [-0.25, -0.2) is 0 Å². The summed E-state index contributed by atoms with van der Waals surface area (Å²) in [6.07, 6.45) is 5.64. The standard InChI is InChI=1S/C12H21NOS/c1-13(11-6-7-15-9-11)8-10-4-2-3-5-12(10)14/h10-11H,2-9H2,1H3. The first-order valence-corrected chi connectivity index (χ1v) is 7.23. The molecule has 3 heteroatoms. The van der Waals surface area contributed by atoms with Crippen LogP contribution in [0.5, 0.6) is 0 Å². The van der Waals surface area contributed by atoms with E-state index in [-0.39, 0.29) is 0 Å². The minimum Gasteiger partial charge on any atom is -0.302 e. The van der Waals surface area contributed by atoms with Crippen LogP contribution in [0.1, 0.15) is 32.1 Å². The van der Waals surface area contributed by atoms with E-state index < -0.39 is 0 Å². The lowest BCUT2D eigenvalue weighted by Gasteiger charge is -2.29. The van der Waals surface area contributed by atoms with Gasteiger partial charge in [-0.3, -0.25) is 4.79 Å². The zero-order chi connectivity index (χ0) is 10.7. The summed E-state index contributed by atoms with van der Waals surface area (Å²) in [5.74, 6) is 3.42. The van der Waals surface area contributed by atoms with Crippen molar-refractivity contribution < 1.29 is 4.79 Å². The Kier molecular flexibility index (Phi) is 4.09. The predicted molar refractivity (Wildman–Crippen MR) is 65.3 cm³/mol. The third-order valence-electron chi connectivity index (χ3n) is 3.72. The fourth-order valence-electron chi connectivity index (χ4n) is 2.61. The van der Waals surface area contributed by atoms with Crippen LogP contribution in [-0.4, -0.2) is 41.8 Å². The lowest BCUT2D eigenvalue weighted by Crippen LogP contribution is -2.38. The van der Waals surface area contributed by atoms with Gasteiger partial charge in [0.1, 0.15) is 5.78 Å². The zero-order valence-electron chi connectivity index (χ0n) is 9.58. The Morgan fingerprint density at radius 1 is 1.40 bits per heavy atom. The van der Waals surface area contributed by atoms with Gasteiger partial charge in [-0.1, -0.05) is 6.42 Å². The van der Waals surface area contributed by atoms with Crippen LogP contribution in [0.25, 0.3) is 0 Å². The van der Waals surface area contributed by atoms with Gasteiger partial charge in [-0.15, -0.1) is 0 Å². The van der Waals surface area contributed by atoms with E-state index in [0.717, 1.165) is 31.8 Å². The molecule has 0 N–H and O–H groups in total. The molecule has 2 unspecified atom stereocenters. The maximum atomic E-state index is 11.7. The summed E-state index contributed by atoms with van der Waals surface area (Å²) in [5, 5.41) is 0. The van der Waals surface area contributed by atoms with Crippen LogP contribution in [0, 0.1) is 5.92 Å². The minimum atomic E-state index is 0.342. The third-order valence-corrected chi connectivity index (χ3v) is 4.86. The number of rotatable bonds is 3. The molecule has 1 saturated heterocycles. The van der Waals surface area contributed by atoms with E-state index in [4.69, 9.17) is 0 Å². The summed E-state index contributed by atoms with van der Waals surface area (Å²) in [6, 6.07) is 0.727. The van der Waals surface area contributed by atoms with Crippen molar-refractivity contribution in [3.05, 3.63) is 0 Å². The Bertz CT molecular complexity index is 226. The van der Waals surface area contributed by atoms with Crippen LogP contribution in [0.15, 0.2) is 0 Å². The number of carbonyl (C=O) groups excluding carboxylic acids is 1. The highest BCUT2D eigenvalue weighted by Crippen LogP contribution is 2.25. The molecule has 0 aromatic rings. The molecule has 0 aromatic heterocycles. The molecule has 0 aromatic carbocycles. The molecule has 0 bridgehead atoms. The van der Waals surface area contributed by atoms with Crippen LogP contribution in [-0.2, 0) is 4.79 Å². The number of ketones is 1. The van der Waals surface area contributed by atoms with Crippen molar-refractivity contribution >= 4 is 17.5 Å². The van der Waals surface area contributed by atoms with Crippen molar-refractivity contribution in [2.45, 2.75) is 38.1 Å². The van der Waals surface area contributed by atoms with E-state index in [2.05, 4.69) is 11.9 Å². The number of nitrogens with zero attached hydrogens (tertiary/aromatic N) is 1. The van der Waals surface area contributed by atoms with Gasteiger partial charge in [0, 0.05) is 30.7 Å². The molecule has 0 radical (unpaired) electrons. The maximum absolute atomic E-state index is 11.7. The van der Waals surface area contributed by atoms with Crippen LogP contribution in [0.3, 0.4) is 0 Å². The molecule has 2 rings (SSSR count). The van der Waals surface area contributed by atoms with Gasteiger partial charge < -0.3 is 4.90 Å². The SMILES string of the molecule is CN(CC1CCCCC1=O)C1CCSC1. The van der Waals surface area contributed by atoms with Crippen molar-refractivity contribution in [1.82, 2.24) is 4.90 Å². The Hall–Kier alpha value is -0.0200. The number of Topliss-reactive ketones (excluding diaryl/α,β-unsaturated/α-hetero) is 1. The lowest BCUT2D eigenvalue weighted by molar-refractivity contribution is -0.125. The molecular weight excluding hydrogens is 206 g/mol. The number of hydrogen-bond donors (Lipinski definition) is 0. The van der Waals surface area contributed by atoms with Gasteiger partial charge in [0.05, 0.1) is 0 Å². The highest BCUT2D eigenvalue weighted by Gasteiger charge is 2.27. The average Bonchev–Trinajstić information content (AvgIpc) is 2.74. The van der Waals surface area contributed by atoms with E-state index in [0.29, 0.717) is 11.7 Å². The molecule has 0 spiro atoms. The monoisotopic (exact) mass is 227 g/mol. The second-order valence-electron chi connectivity index (χ2n) is 4.87. The normalized spacial score (nSPS) is 32.5. The van der Waals surface area contributed by atoms with Crippen molar-refractivity contribution in [3.63, 3.8) is 0 Å². The molecule has 2 atom stereocenters. The fraction of sp³-hybridized carbons (Fsp3) is 0.917. The largest absolute Gasteiger partial charge is 0.302 e. The second-order valence-corrected chi connectivity index (χ2v) is 6.02. The summed E-state index contributed by atoms with van der Waals surface area (Å²) in [5.41, 5.74) is 0. The number of hydrogen-bond acceptors (Lipinski definition) is 3. The van der Waals surface area contributed by atoms with Gasteiger partial charge >= 0.3 is 0 Å². The highest BCUT2D eigenvalue weighted by atomic mass is 32.2. The predicted octanol–water partition coefficient (Wildman–Crippen LogP) is 2.18. The van der Waals surface area contributed by atoms with Crippen molar-refractivity contribution in [3.8, 4) is 0 Å².